The number of halogens is 4. The molecule has 0 bridgehead atoms. The molecule has 5 nitrogen and oxygen atoms in total. The highest BCUT2D eigenvalue weighted by atomic mass is 32.2. The van der Waals surface area contributed by atoms with Crippen LogP contribution in [0.3, 0.4) is 0 Å². The number of rotatable bonds is 7. The number of hydrogen-bond acceptors (Lipinski definition) is 6. The standard InChI is InChI=1S/C22H20BF4N5S/c24-17-2-1-3-18(11-17)32(33-31-8-6-23(14-28)7-9-31)13-16-5-4-15(10-19(16)25)20-12-21(22(26)27)30-29-20/h1-5,10-11,22H,6-9,12-13H2. The summed E-state index contributed by atoms with van der Waals surface area (Å²) in [6.45, 7) is 1.58. The lowest BCUT2D eigenvalue weighted by Gasteiger charge is -2.33. The lowest BCUT2D eigenvalue weighted by Crippen LogP contribution is -2.35. The molecular formula is C22H20BF4N5S. The molecule has 2 aromatic carbocycles. The van der Waals surface area contributed by atoms with E-state index in [0.29, 0.717) is 35.6 Å². The zero-order valence-corrected chi connectivity index (χ0v) is 18.4. The van der Waals surface area contributed by atoms with Gasteiger partial charge in [0.15, 0.2) is 0 Å². The number of nitriles is 1. The van der Waals surface area contributed by atoms with Crippen molar-refractivity contribution in [3.8, 4) is 5.97 Å². The van der Waals surface area contributed by atoms with Crippen molar-refractivity contribution in [3.63, 3.8) is 0 Å². The Balaban J connectivity index is 1.51. The first-order valence-electron chi connectivity index (χ1n) is 10.5. The van der Waals surface area contributed by atoms with Gasteiger partial charge in [0.1, 0.15) is 17.3 Å². The van der Waals surface area contributed by atoms with Crippen LogP contribution < -0.4 is 4.31 Å². The van der Waals surface area contributed by atoms with E-state index in [1.165, 1.54) is 30.3 Å². The van der Waals surface area contributed by atoms with Crippen molar-refractivity contribution >= 4 is 36.0 Å². The van der Waals surface area contributed by atoms with Crippen LogP contribution in [0.5, 0.6) is 0 Å². The molecule has 33 heavy (non-hydrogen) atoms. The van der Waals surface area contributed by atoms with E-state index < -0.39 is 18.1 Å². The molecule has 0 spiro atoms. The third-order valence-corrected chi connectivity index (χ3v) is 6.68. The third kappa shape index (κ3) is 5.75. The first-order valence-corrected chi connectivity index (χ1v) is 11.2. The fourth-order valence-electron chi connectivity index (χ4n) is 3.66. The lowest BCUT2D eigenvalue weighted by molar-refractivity contribution is 0.224. The zero-order valence-electron chi connectivity index (χ0n) is 17.6. The van der Waals surface area contributed by atoms with Crippen molar-refractivity contribution in [3.05, 3.63) is 65.2 Å². The van der Waals surface area contributed by atoms with Gasteiger partial charge in [0.05, 0.1) is 17.9 Å². The van der Waals surface area contributed by atoms with Crippen molar-refractivity contribution in [2.24, 2.45) is 10.2 Å². The molecule has 0 saturated carbocycles. The summed E-state index contributed by atoms with van der Waals surface area (Å²) < 4.78 is 58.4. The summed E-state index contributed by atoms with van der Waals surface area (Å²) in [5.74, 6) is 1.39. The molecule has 2 aliphatic heterocycles. The van der Waals surface area contributed by atoms with Crippen LogP contribution in [-0.4, -0.2) is 42.0 Å². The monoisotopic (exact) mass is 473 g/mol. The minimum atomic E-state index is -2.69. The van der Waals surface area contributed by atoms with Crippen LogP contribution in [0.15, 0.2) is 52.7 Å². The molecule has 170 valence electrons. The maximum absolute atomic E-state index is 15.0. The van der Waals surface area contributed by atoms with E-state index in [4.69, 9.17) is 5.26 Å². The first kappa shape index (κ1) is 23.3. The van der Waals surface area contributed by atoms with Crippen LogP contribution in [-0.2, 0) is 6.54 Å². The molecule has 0 aromatic heterocycles. The van der Waals surface area contributed by atoms with Gasteiger partial charge in [0.25, 0.3) is 13.1 Å². The van der Waals surface area contributed by atoms with E-state index in [1.54, 1.807) is 28.6 Å². The summed E-state index contributed by atoms with van der Waals surface area (Å²) in [5.41, 5.74) is 1.33. The zero-order chi connectivity index (χ0) is 23.4. The van der Waals surface area contributed by atoms with Crippen molar-refractivity contribution in [2.75, 3.05) is 17.4 Å². The molecule has 2 heterocycles. The number of nitrogens with zero attached hydrogens (tertiary/aromatic N) is 5. The molecule has 0 unspecified atom stereocenters. The van der Waals surface area contributed by atoms with Crippen LogP contribution in [0.1, 0.15) is 17.5 Å². The van der Waals surface area contributed by atoms with Crippen molar-refractivity contribution < 1.29 is 17.6 Å². The van der Waals surface area contributed by atoms with Gasteiger partial charge in [0.2, 0.25) is 0 Å². The Morgan fingerprint density at radius 3 is 2.55 bits per heavy atom. The van der Waals surface area contributed by atoms with E-state index in [0.717, 1.165) is 12.6 Å². The molecule has 0 aliphatic carbocycles. The summed E-state index contributed by atoms with van der Waals surface area (Å²) in [7, 11) is 0. The average Bonchev–Trinajstić information content (AvgIpc) is 3.31. The Morgan fingerprint density at radius 2 is 1.91 bits per heavy atom. The average molecular weight is 473 g/mol. The number of anilines is 1. The topological polar surface area (TPSA) is 55.0 Å². The maximum atomic E-state index is 15.0. The molecule has 0 radical (unpaired) electrons. The highest BCUT2D eigenvalue weighted by Crippen LogP contribution is 2.31. The highest BCUT2D eigenvalue weighted by Gasteiger charge is 2.26. The van der Waals surface area contributed by atoms with Gasteiger partial charge in [-0.25, -0.2) is 27.1 Å². The number of alkyl halides is 2. The quantitative estimate of drug-likeness (QED) is 0.314. The van der Waals surface area contributed by atoms with Crippen LogP contribution in [0.25, 0.3) is 0 Å². The van der Waals surface area contributed by atoms with E-state index in [2.05, 4.69) is 20.5 Å². The second-order valence-electron chi connectivity index (χ2n) is 7.85. The van der Waals surface area contributed by atoms with Gasteiger partial charge in [-0.15, -0.1) is 0 Å². The second kappa shape index (κ2) is 10.4. The van der Waals surface area contributed by atoms with Crippen LogP contribution in [0.4, 0.5) is 23.2 Å². The van der Waals surface area contributed by atoms with Crippen LogP contribution in [0.2, 0.25) is 12.6 Å². The normalized spacial score (nSPS) is 16.5. The van der Waals surface area contributed by atoms with Crippen molar-refractivity contribution in [1.29, 1.82) is 5.26 Å². The van der Waals surface area contributed by atoms with Crippen LogP contribution in [0, 0.1) is 22.9 Å². The van der Waals surface area contributed by atoms with Gasteiger partial charge in [-0.3, -0.25) is 4.31 Å². The fraction of sp³-hybridized carbons (Fsp3) is 0.318. The fourth-order valence-corrected chi connectivity index (χ4v) is 4.72. The Morgan fingerprint density at radius 1 is 1.12 bits per heavy atom. The predicted molar refractivity (Wildman–Crippen MR) is 124 cm³/mol. The largest absolute Gasteiger partial charge is 0.299 e. The molecule has 1 fully saturated rings. The van der Waals surface area contributed by atoms with Gasteiger partial charge in [0, 0.05) is 48.7 Å². The molecule has 2 aromatic rings. The number of benzene rings is 2. The Hall–Kier alpha value is -2.84. The highest BCUT2D eigenvalue weighted by molar-refractivity contribution is 7.98. The van der Waals surface area contributed by atoms with Crippen molar-refractivity contribution in [2.45, 2.75) is 32.0 Å². The van der Waals surface area contributed by atoms with Gasteiger partial charge >= 0.3 is 0 Å². The summed E-state index contributed by atoms with van der Waals surface area (Å²) >= 11 is 1.38. The van der Waals surface area contributed by atoms with Crippen LogP contribution >= 0.6 is 12.1 Å². The minimum Gasteiger partial charge on any atom is -0.299 e. The smallest absolute Gasteiger partial charge is 0.278 e. The van der Waals surface area contributed by atoms with Gasteiger partial charge < -0.3 is 0 Å². The summed E-state index contributed by atoms with van der Waals surface area (Å²) in [6.07, 6.45) is -1.31. The first-order chi connectivity index (χ1) is 15.9. The molecular weight excluding hydrogens is 453 g/mol. The van der Waals surface area contributed by atoms with Gasteiger partial charge in [-0.05, 0) is 36.9 Å². The number of hydrogen-bond donors (Lipinski definition) is 0. The van der Waals surface area contributed by atoms with E-state index in [9.17, 15) is 17.6 Å². The molecule has 0 N–H and O–H groups in total. The molecule has 11 heteroatoms. The predicted octanol–water partition coefficient (Wildman–Crippen LogP) is 5.22. The summed E-state index contributed by atoms with van der Waals surface area (Å²) in [6, 6.07) is 10.6. The van der Waals surface area contributed by atoms with Crippen molar-refractivity contribution in [1.82, 2.24) is 4.31 Å². The minimum absolute atomic E-state index is 0.0301. The van der Waals surface area contributed by atoms with E-state index >= 15 is 0 Å². The summed E-state index contributed by atoms with van der Waals surface area (Å²) in [5, 5.41) is 16.4. The molecule has 0 amide bonds. The van der Waals surface area contributed by atoms with E-state index in [-0.39, 0.29) is 25.4 Å². The second-order valence-corrected chi connectivity index (χ2v) is 8.97. The van der Waals surface area contributed by atoms with Gasteiger partial charge in [-0.1, -0.05) is 18.2 Å². The molecule has 2 aliphatic rings. The SMILES string of the molecule is N#CB1CCN(SN(Cc2ccc(C3=NN=C(C(F)F)C3)cc2F)c2cccc(F)c2)CC1. The summed E-state index contributed by atoms with van der Waals surface area (Å²) in [4.78, 5) is 0. The Labute approximate surface area is 194 Å². The lowest BCUT2D eigenvalue weighted by atomic mass is 9.45. The third-order valence-electron chi connectivity index (χ3n) is 5.55. The van der Waals surface area contributed by atoms with E-state index in [1.807, 2.05) is 0 Å². The Bertz CT molecular complexity index is 1110. The van der Waals surface area contributed by atoms with Gasteiger partial charge in [-0.2, -0.15) is 10.2 Å². The molecule has 0 atom stereocenters. The molecule has 4 rings (SSSR count). The maximum Gasteiger partial charge on any atom is 0.278 e. The Kier molecular flexibility index (Phi) is 7.35. The molecule has 1 saturated heterocycles.